The smallest absolute Gasteiger partial charge is 0.276 e. The summed E-state index contributed by atoms with van der Waals surface area (Å²) in [4.78, 5) is 23.4. The minimum atomic E-state index is -0.605. The highest BCUT2D eigenvalue weighted by molar-refractivity contribution is 5.84. The van der Waals surface area contributed by atoms with Gasteiger partial charge in [-0.1, -0.05) is 30.3 Å². The highest BCUT2D eigenvalue weighted by Gasteiger charge is 2.10. The van der Waals surface area contributed by atoms with Crippen LogP contribution in [0.1, 0.15) is 5.56 Å². The molecule has 6 nitrogen and oxygen atoms in total. The Labute approximate surface area is 138 Å². The molecule has 0 saturated heterocycles. The molecule has 2 aromatic carbocycles. The second-order valence-corrected chi connectivity index (χ2v) is 4.80. The number of para-hydroxylation sites is 2. The van der Waals surface area contributed by atoms with Crippen LogP contribution in [0.2, 0.25) is 0 Å². The molecule has 0 heterocycles. The number of nitrogens with one attached hydrogen (secondary N) is 2. The number of hydrogen-bond acceptors (Lipinski definition) is 4. The van der Waals surface area contributed by atoms with Crippen LogP contribution in [0, 0.1) is 5.82 Å². The van der Waals surface area contributed by atoms with Gasteiger partial charge in [0.25, 0.3) is 5.91 Å². The average Bonchev–Trinajstić information content (AvgIpc) is 2.59. The van der Waals surface area contributed by atoms with Gasteiger partial charge in [-0.25, -0.2) is 4.39 Å². The predicted molar refractivity (Wildman–Crippen MR) is 84.9 cm³/mol. The first-order valence-corrected chi connectivity index (χ1v) is 7.17. The molecule has 0 atom stereocenters. The van der Waals surface area contributed by atoms with Crippen molar-refractivity contribution in [3.63, 3.8) is 0 Å². The molecule has 2 aromatic rings. The molecule has 0 radical (unpaired) electrons. The number of carbonyl (C=O) groups is 2. The summed E-state index contributed by atoms with van der Waals surface area (Å²) < 4.78 is 23.5. The third-order valence-corrected chi connectivity index (χ3v) is 3.08. The molecule has 7 heteroatoms. The number of ether oxygens (including phenoxy) is 2. The highest BCUT2D eigenvalue weighted by atomic mass is 19.1. The summed E-state index contributed by atoms with van der Waals surface area (Å²) in [6, 6.07) is 12.8. The van der Waals surface area contributed by atoms with E-state index in [-0.39, 0.29) is 12.2 Å². The highest BCUT2D eigenvalue weighted by Crippen LogP contribution is 2.17. The standard InChI is InChI=1S/C17H17FN2O4/c1-23-14-8-4-2-6-12(14)10-16(21)19-20-17(22)11-24-15-9-5-3-7-13(15)18/h2-9H,10-11H2,1H3,(H,19,21)(H,20,22). The molecule has 2 amide bonds. The molecule has 0 spiro atoms. The fourth-order valence-electron chi connectivity index (χ4n) is 1.95. The first kappa shape index (κ1) is 17.3. The molecule has 2 N–H and O–H groups in total. The number of rotatable bonds is 6. The van der Waals surface area contributed by atoms with Crippen molar-refractivity contribution in [2.45, 2.75) is 6.42 Å². The summed E-state index contributed by atoms with van der Waals surface area (Å²) in [5.74, 6) is -1.04. The largest absolute Gasteiger partial charge is 0.496 e. The maximum absolute atomic E-state index is 13.3. The molecular formula is C17H17FN2O4. The topological polar surface area (TPSA) is 76.7 Å². The molecule has 2 rings (SSSR count). The maximum Gasteiger partial charge on any atom is 0.276 e. The Bertz CT molecular complexity index is 721. The number of amides is 2. The summed E-state index contributed by atoms with van der Waals surface area (Å²) in [5.41, 5.74) is 5.16. The predicted octanol–water partition coefficient (Wildman–Crippen LogP) is 1.60. The minimum Gasteiger partial charge on any atom is -0.496 e. The van der Waals surface area contributed by atoms with E-state index in [2.05, 4.69) is 10.9 Å². The van der Waals surface area contributed by atoms with E-state index in [1.165, 1.54) is 25.3 Å². The van der Waals surface area contributed by atoms with Crippen molar-refractivity contribution in [1.29, 1.82) is 0 Å². The lowest BCUT2D eigenvalue weighted by atomic mass is 10.1. The Balaban J connectivity index is 1.77. The molecule has 0 saturated carbocycles. The fraction of sp³-hybridized carbons (Fsp3) is 0.176. The zero-order valence-electron chi connectivity index (χ0n) is 13.0. The van der Waals surface area contributed by atoms with Crippen LogP contribution in [-0.4, -0.2) is 25.5 Å². The van der Waals surface area contributed by atoms with E-state index < -0.39 is 24.2 Å². The summed E-state index contributed by atoms with van der Waals surface area (Å²) in [6.07, 6.45) is 0.0401. The van der Waals surface area contributed by atoms with Gasteiger partial charge < -0.3 is 9.47 Å². The Morgan fingerprint density at radius 3 is 2.29 bits per heavy atom. The van der Waals surface area contributed by atoms with E-state index >= 15 is 0 Å². The number of hydrogen-bond donors (Lipinski definition) is 2. The van der Waals surface area contributed by atoms with Gasteiger partial charge in [0.2, 0.25) is 5.91 Å². The van der Waals surface area contributed by atoms with E-state index in [1.54, 1.807) is 30.3 Å². The van der Waals surface area contributed by atoms with Crippen molar-refractivity contribution in [2.75, 3.05) is 13.7 Å². The van der Waals surface area contributed by atoms with Crippen LogP contribution in [0.4, 0.5) is 4.39 Å². The Morgan fingerprint density at radius 1 is 0.958 bits per heavy atom. The quantitative estimate of drug-likeness (QED) is 0.788. The maximum atomic E-state index is 13.3. The Kier molecular flexibility index (Phi) is 6.13. The van der Waals surface area contributed by atoms with Crippen molar-refractivity contribution >= 4 is 11.8 Å². The summed E-state index contributed by atoms with van der Waals surface area (Å²) in [5, 5.41) is 0. The summed E-state index contributed by atoms with van der Waals surface area (Å²) >= 11 is 0. The van der Waals surface area contributed by atoms with Crippen LogP contribution in [0.3, 0.4) is 0 Å². The van der Waals surface area contributed by atoms with Crippen molar-refractivity contribution in [3.05, 3.63) is 59.9 Å². The first-order chi connectivity index (χ1) is 11.6. The molecule has 0 aliphatic rings. The molecule has 0 aromatic heterocycles. The molecule has 0 bridgehead atoms. The SMILES string of the molecule is COc1ccccc1CC(=O)NNC(=O)COc1ccccc1F. The van der Waals surface area contributed by atoms with E-state index in [0.29, 0.717) is 11.3 Å². The Hall–Kier alpha value is -3.09. The molecular weight excluding hydrogens is 315 g/mol. The second-order valence-electron chi connectivity index (χ2n) is 4.80. The average molecular weight is 332 g/mol. The van der Waals surface area contributed by atoms with Gasteiger partial charge in [-0.3, -0.25) is 20.4 Å². The minimum absolute atomic E-state index is 0.0343. The van der Waals surface area contributed by atoms with Gasteiger partial charge in [0, 0.05) is 5.56 Å². The lowest BCUT2D eigenvalue weighted by Crippen LogP contribution is -2.44. The number of carbonyl (C=O) groups excluding carboxylic acids is 2. The van der Waals surface area contributed by atoms with Crippen LogP contribution in [-0.2, 0) is 16.0 Å². The molecule has 24 heavy (non-hydrogen) atoms. The summed E-state index contributed by atoms with van der Waals surface area (Å²) in [7, 11) is 1.51. The number of benzene rings is 2. The van der Waals surface area contributed by atoms with Crippen molar-refractivity contribution in [2.24, 2.45) is 0 Å². The fourth-order valence-corrected chi connectivity index (χ4v) is 1.95. The molecule has 0 aliphatic heterocycles. The third kappa shape index (κ3) is 4.98. The van der Waals surface area contributed by atoms with Gasteiger partial charge >= 0.3 is 0 Å². The van der Waals surface area contributed by atoms with Crippen LogP contribution in [0.25, 0.3) is 0 Å². The number of methoxy groups -OCH3 is 1. The van der Waals surface area contributed by atoms with E-state index in [4.69, 9.17) is 9.47 Å². The van der Waals surface area contributed by atoms with Gasteiger partial charge in [-0.05, 0) is 18.2 Å². The van der Waals surface area contributed by atoms with Crippen LogP contribution in [0.15, 0.2) is 48.5 Å². The zero-order chi connectivity index (χ0) is 17.4. The van der Waals surface area contributed by atoms with Crippen molar-refractivity contribution < 1.29 is 23.5 Å². The van der Waals surface area contributed by atoms with Crippen molar-refractivity contribution in [3.8, 4) is 11.5 Å². The normalized spacial score (nSPS) is 9.92. The van der Waals surface area contributed by atoms with E-state index in [0.717, 1.165) is 0 Å². The van der Waals surface area contributed by atoms with Crippen LogP contribution < -0.4 is 20.3 Å². The lowest BCUT2D eigenvalue weighted by molar-refractivity contribution is -0.129. The van der Waals surface area contributed by atoms with Crippen LogP contribution >= 0.6 is 0 Å². The van der Waals surface area contributed by atoms with Gasteiger partial charge in [0.1, 0.15) is 5.75 Å². The monoisotopic (exact) mass is 332 g/mol. The molecule has 0 unspecified atom stereocenters. The van der Waals surface area contributed by atoms with Crippen molar-refractivity contribution in [1.82, 2.24) is 10.9 Å². The van der Waals surface area contributed by atoms with Gasteiger partial charge in [-0.2, -0.15) is 0 Å². The molecule has 126 valence electrons. The lowest BCUT2D eigenvalue weighted by Gasteiger charge is -2.10. The van der Waals surface area contributed by atoms with Gasteiger partial charge in [0.05, 0.1) is 13.5 Å². The zero-order valence-corrected chi connectivity index (χ0v) is 13.0. The third-order valence-electron chi connectivity index (χ3n) is 3.08. The Morgan fingerprint density at radius 2 is 1.58 bits per heavy atom. The number of halogens is 1. The molecule has 0 aliphatic carbocycles. The summed E-state index contributed by atoms with van der Waals surface area (Å²) in [6.45, 7) is -0.421. The number of hydrazine groups is 1. The van der Waals surface area contributed by atoms with Gasteiger partial charge in [0.15, 0.2) is 18.2 Å². The van der Waals surface area contributed by atoms with Gasteiger partial charge in [-0.15, -0.1) is 0 Å². The first-order valence-electron chi connectivity index (χ1n) is 7.17. The van der Waals surface area contributed by atoms with E-state index in [1.807, 2.05) is 0 Å². The molecule has 0 fully saturated rings. The van der Waals surface area contributed by atoms with E-state index in [9.17, 15) is 14.0 Å². The van der Waals surface area contributed by atoms with Crippen LogP contribution in [0.5, 0.6) is 11.5 Å². The second kappa shape index (κ2) is 8.52.